The van der Waals surface area contributed by atoms with Gasteiger partial charge in [0, 0.05) is 5.69 Å². The van der Waals surface area contributed by atoms with Crippen molar-refractivity contribution in [1.82, 2.24) is 0 Å². The summed E-state index contributed by atoms with van der Waals surface area (Å²) in [7, 11) is 0. The average Bonchev–Trinajstić information content (AvgIpc) is 3.17. The molecule has 170 valence electrons. The third-order valence-electron chi connectivity index (χ3n) is 5.18. The number of nitrogens with zero attached hydrogens (tertiary/aromatic N) is 1. The van der Waals surface area contributed by atoms with Crippen LogP contribution < -0.4 is 5.32 Å². The minimum atomic E-state index is -1.50. The molecular formula is C26H20N2O5S. The quantitative estimate of drug-likeness (QED) is 0.335. The number of benzene rings is 3. The Morgan fingerprint density at radius 1 is 0.882 bits per heavy atom. The van der Waals surface area contributed by atoms with Crippen LogP contribution in [0.3, 0.4) is 0 Å². The number of hydrogen-bond donors (Lipinski definition) is 3. The predicted octanol–water partition coefficient (Wildman–Crippen LogP) is 4.76. The van der Waals surface area contributed by atoms with Gasteiger partial charge in [-0.3, -0.25) is 14.4 Å². The van der Waals surface area contributed by atoms with E-state index in [1.165, 1.54) is 11.8 Å². The van der Waals surface area contributed by atoms with Crippen LogP contribution in [0.25, 0.3) is 17.2 Å². The van der Waals surface area contributed by atoms with Gasteiger partial charge in [-0.1, -0.05) is 66.7 Å². The van der Waals surface area contributed by atoms with Gasteiger partial charge in [0.1, 0.15) is 0 Å². The number of aliphatic imine (C=N–C) groups is 1. The van der Waals surface area contributed by atoms with Crippen molar-refractivity contribution in [1.29, 1.82) is 0 Å². The number of hydrogen-bond acceptors (Lipinski definition) is 5. The summed E-state index contributed by atoms with van der Waals surface area (Å²) >= 11 is 1.23. The lowest BCUT2D eigenvalue weighted by molar-refractivity contribution is -0.154. The highest BCUT2D eigenvalue weighted by atomic mass is 32.2. The highest BCUT2D eigenvalue weighted by Crippen LogP contribution is 2.30. The summed E-state index contributed by atoms with van der Waals surface area (Å²) in [4.78, 5) is 39.0. The van der Waals surface area contributed by atoms with Crippen LogP contribution in [0.2, 0.25) is 0 Å². The molecule has 4 rings (SSSR count). The van der Waals surface area contributed by atoms with E-state index in [9.17, 15) is 14.4 Å². The molecule has 3 aromatic rings. The minimum Gasteiger partial charge on any atom is -0.481 e. The smallest absolute Gasteiger partial charge is 0.318 e. The first-order valence-corrected chi connectivity index (χ1v) is 11.2. The molecule has 1 amide bonds. The van der Waals surface area contributed by atoms with Crippen molar-refractivity contribution in [2.75, 3.05) is 5.32 Å². The fraction of sp³-hybridized carbons (Fsp3) is 0.0769. The molecule has 3 aromatic carbocycles. The van der Waals surface area contributed by atoms with Gasteiger partial charge in [0.15, 0.2) is 11.1 Å². The first-order valence-electron chi connectivity index (χ1n) is 10.4. The van der Waals surface area contributed by atoms with Crippen LogP contribution in [-0.4, -0.2) is 33.2 Å². The van der Waals surface area contributed by atoms with Gasteiger partial charge in [-0.05, 0) is 58.6 Å². The SMILES string of the molecule is O=C1N=C(Nc2ccc(CC(C(=O)O)C(=O)O)cc2)S/C1=C/c1ccc(-c2ccccc2)cc1. The topological polar surface area (TPSA) is 116 Å². The van der Waals surface area contributed by atoms with Crippen molar-refractivity contribution in [3.63, 3.8) is 0 Å². The predicted molar refractivity (Wildman–Crippen MR) is 132 cm³/mol. The lowest BCUT2D eigenvalue weighted by atomic mass is 9.99. The third-order valence-corrected chi connectivity index (χ3v) is 6.08. The van der Waals surface area contributed by atoms with E-state index in [1.807, 2.05) is 54.6 Å². The molecule has 1 aliphatic rings. The molecule has 1 aliphatic heterocycles. The third kappa shape index (κ3) is 5.60. The molecule has 34 heavy (non-hydrogen) atoms. The van der Waals surface area contributed by atoms with E-state index in [0.29, 0.717) is 21.3 Å². The maximum atomic E-state index is 12.3. The molecule has 0 saturated carbocycles. The van der Waals surface area contributed by atoms with Gasteiger partial charge in [0.05, 0.1) is 4.91 Å². The van der Waals surface area contributed by atoms with Gasteiger partial charge in [0.2, 0.25) is 0 Å². The first-order chi connectivity index (χ1) is 16.4. The second-order valence-electron chi connectivity index (χ2n) is 7.58. The Kier molecular flexibility index (Phi) is 6.89. The van der Waals surface area contributed by atoms with Crippen molar-refractivity contribution < 1.29 is 24.6 Å². The number of rotatable bonds is 7. The maximum absolute atomic E-state index is 12.3. The summed E-state index contributed by atoms with van der Waals surface area (Å²) in [6, 6.07) is 24.6. The molecule has 8 heteroatoms. The Balaban J connectivity index is 1.39. The molecule has 1 heterocycles. The highest BCUT2D eigenvalue weighted by molar-refractivity contribution is 8.18. The Morgan fingerprint density at radius 3 is 2.12 bits per heavy atom. The zero-order valence-corrected chi connectivity index (χ0v) is 18.7. The summed E-state index contributed by atoms with van der Waals surface area (Å²) in [5.41, 5.74) is 4.33. The molecule has 0 fully saturated rings. The number of thioether (sulfide) groups is 1. The maximum Gasteiger partial charge on any atom is 0.318 e. The van der Waals surface area contributed by atoms with Crippen molar-refractivity contribution in [3.8, 4) is 11.1 Å². The number of carbonyl (C=O) groups is 3. The molecule has 0 aromatic heterocycles. The monoisotopic (exact) mass is 472 g/mol. The van der Waals surface area contributed by atoms with Crippen molar-refractivity contribution in [3.05, 3.63) is 94.9 Å². The van der Waals surface area contributed by atoms with Gasteiger partial charge >= 0.3 is 11.9 Å². The summed E-state index contributed by atoms with van der Waals surface area (Å²) in [5.74, 6) is -4.58. The number of carboxylic acids is 2. The largest absolute Gasteiger partial charge is 0.481 e. The number of aliphatic carboxylic acids is 2. The summed E-state index contributed by atoms with van der Waals surface area (Å²) in [5, 5.41) is 21.5. The van der Waals surface area contributed by atoms with E-state index >= 15 is 0 Å². The van der Waals surface area contributed by atoms with Crippen molar-refractivity contribution in [2.24, 2.45) is 10.9 Å². The van der Waals surface area contributed by atoms with Gasteiger partial charge in [-0.2, -0.15) is 4.99 Å². The zero-order valence-electron chi connectivity index (χ0n) is 17.8. The van der Waals surface area contributed by atoms with Crippen LogP contribution in [-0.2, 0) is 20.8 Å². The van der Waals surface area contributed by atoms with Crippen LogP contribution >= 0.6 is 11.8 Å². The lowest BCUT2D eigenvalue weighted by Crippen LogP contribution is -2.25. The molecule has 0 bridgehead atoms. The summed E-state index contributed by atoms with van der Waals surface area (Å²) in [6.45, 7) is 0. The van der Waals surface area contributed by atoms with Gasteiger partial charge in [-0.25, -0.2) is 0 Å². The van der Waals surface area contributed by atoms with Crippen LogP contribution in [0.15, 0.2) is 88.8 Å². The van der Waals surface area contributed by atoms with Crippen molar-refractivity contribution in [2.45, 2.75) is 6.42 Å². The molecule has 0 saturated heterocycles. The molecule has 3 N–H and O–H groups in total. The number of nitrogens with one attached hydrogen (secondary N) is 1. The zero-order chi connectivity index (χ0) is 24.1. The van der Waals surface area contributed by atoms with Crippen molar-refractivity contribution >= 4 is 46.5 Å². The van der Waals surface area contributed by atoms with Crippen LogP contribution in [0.1, 0.15) is 11.1 Å². The molecule has 0 radical (unpaired) electrons. The molecule has 7 nitrogen and oxygen atoms in total. The fourth-order valence-corrected chi connectivity index (χ4v) is 4.21. The van der Waals surface area contributed by atoms with E-state index < -0.39 is 17.9 Å². The number of carboxylic acid groups (broad SMARTS) is 2. The molecule has 0 atom stereocenters. The average molecular weight is 473 g/mol. The molecule has 0 spiro atoms. The van der Waals surface area contributed by atoms with E-state index in [4.69, 9.17) is 10.2 Å². The minimum absolute atomic E-state index is 0.116. The second-order valence-corrected chi connectivity index (χ2v) is 8.61. The van der Waals surface area contributed by atoms with Gasteiger partial charge in [0.25, 0.3) is 5.91 Å². The number of anilines is 1. The Morgan fingerprint density at radius 2 is 1.50 bits per heavy atom. The Bertz CT molecular complexity index is 1270. The summed E-state index contributed by atoms with van der Waals surface area (Å²) in [6.07, 6.45) is 1.68. The van der Waals surface area contributed by atoms with E-state index in [0.717, 1.165) is 16.7 Å². The first kappa shape index (κ1) is 23.0. The van der Waals surface area contributed by atoms with E-state index in [-0.39, 0.29) is 12.3 Å². The van der Waals surface area contributed by atoms with Crippen LogP contribution in [0.4, 0.5) is 5.69 Å². The molecule has 0 unspecified atom stereocenters. The normalized spacial score (nSPS) is 14.3. The standard InChI is InChI=1S/C26H20N2O5S/c29-23-22(15-17-6-10-19(11-7-17)18-4-2-1-3-5-18)34-26(28-23)27-20-12-8-16(9-13-20)14-21(24(30)31)25(32)33/h1-13,15,21H,14H2,(H,30,31)(H,32,33)(H,27,28,29)/b22-15+. The summed E-state index contributed by atoms with van der Waals surface area (Å²) < 4.78 is 0. The van der Waals surface area contributed by atoms with Crippen LogP contribution in [0, 0.1) is 5.92 Å². The van der Waals surface area contributed by atoms with Gasteiger partial charge < -0.3 is 15.5 Å². The van der Waals surface area contributed by atoms with E-state index in [1.54, 1.807) is 30.3 Å². The lowest BCUT2D eigenvalue weighted by Gasteiger charge is -2.09. The fourth-order valence-electron chi connectivity index (χ4n) is 3.38. The number of carbonyl (C=O) groups excluding carboxylic acids is 1. The second kappa shape index (κ2) is 10.2. The molecular weight excluding hydrogens is 452 g/mol. The number of amidine groups is 1. The van der Waals surface area contributed by atoms with E-state index in [2.05, 4.69) is 10.3 Å². The van der Waals surface area contributed by atoms with Crippen LogP contribution in [0.5, 0.6) is 0 Å². The Labute approximate surface area is 199 Å². The number of amides is 1. The van der Waals surface area contributed by atoms with Gasteiger partial charge in [-0.15, -0.1) is 0 Å². The Hall–Kier alpha value is -4.17. The molecule has 0 aliphatic carbocycles. The highest BCUT2D eigenvalue weighted by Gasteiger charge is 2.26.